The quantitative estimate of drug-likeness (QED) is 0.697. The first-order chi connectivity index (χ1) is 15.1. The normalized spacial score (nSPS) is 22.5. The van der Waals surface area contributed by atoms with Crippen LogP contribution >= 0.6 is 0 Å². The molecule has 7 nitrogen and oxygen atoms in total. The Labute approximate surface area is 183 Å². The van der Waals surface area contributed by atoms with Crippen molar-refractivity contribution >= 4 is 11.8 Å². The largest absolute Gasteiger partial charge is 0.376 e. The number of nitrogens with one attached hydrogen (secondary N) is 2. The van der Waals surface area contributed by atoms with Crippen LogP contribution in [0.15, 0.2) is 17.2 Å². The fraction of sp³-hybridized carbons (Fsp3) is 0.708. The van der Waals surface area contributed by atoms with Crippen molar-refractivity contribution in [3.8, 4) is 0 Å². The number of hydrogen-bond donors (Lipinski definition) is 2. The fourth-order valence-electron chi connectivity index (χ4n) is 4.60. The number of carbonyl (C=O) groups excluding carboxylic acids is 2. The minimum atomic E-state index is -0.486. The predicted molar refractivity (Wildman–Crippen MR) is 118 cm³/mol. The van der Waals surface area contributed by atoms with E-state index in [1.807, 2.05) is 0 Å². The molecule has 3 fully saturated rings. The van der Waals surface area contributed by atoms with E-state index in [2.05, 4.69) is 10.6 Å². The van der Waals surface area contributed by atoms with E-state index in [4.69, 9.17) is 4.74 Å². The molecule has 2 saturated carbocycles. The van der Waals surface area contributed by atoms with Gasteiger partial charge in [0.2, 0.25) is 5.43 Å². The summed E-state index contributed by atoms with van der Waals surface area (Å²) in [5, 5.41) is 5.95. The maximum Gasteiger partial charge on any atom is 0.256 e. The number of nitrogens with zero attached hydrogens (tertiary/aromatic N) is 1. The molecule has 1 aromatic heterocycles. The molecule has 1 saturated heterocycles. The van der Waals surface area contributed by atoms with Gasteiger partial charge in [-0.2, -0.15) is 0 Å². The van der Waals surface area contributed by atoms with Crippen LogP contribution in [0, 0.1) is 5.92 Å². The third kappa shape index (κ3) is 6.19. The van der Waals surface area contributed by atoms with Gasteiger partial charge in [-0.25, -0.2) is 0 Å². The lowest BCUT2D eigenvalue weighted by atomic mass is 9.96. The standard InChI is InChI=1S/C24H35N3O4/c28-22-20(23(29)25-13-17-10-11-17)15-27(14-19-9-6-12-31-19)16-21(22)24(30)26-18-7-4-2-1-3-5-8-18/h15-19H,1-14H2,(H,25,29)(H,26,30)/t19-/m0/s1. The number of aromatic nitrogens is 1. The zero-order chi connectivity index (χ0) is 21.6. The molecule has 2 heterocycles. The summed E-state index contributed by atoms with van der Waals surface area (Å²) < 4.78 is 7.51. The van der Waals surface area contributed by atoms with Gasteiger partial charge in [0.05, 0.1) is 6.10 Å². The third-order valence-electron chi connectivity index (χ3n) is 6.70. The molecule has 0 radical (unpaired) electrons. The van der Waals surface area contributed by atoms with Crippen LogP contribution in [0.1, 0.15) is 91.3 Å². The summed E-state index contributed by atoms with van der Waals surface area (Å²) in [5.41, 5.74) is -0.386. The molecular weight excluding hydrogens is 394 g/mol. The highest BCUT2D eigenvalue weighted by molar-refractivity contribution is 5.99. The fourth-order valence-corrected chi connectivity index (χ4v) is 4.60. The number of carbonyl (C=O) groups is 2. The second-order valence-electron chi connectivity index (χ2n) is 9.42. The highest BCUT2D eigenvalue weighted by atomic mass is 16.5. The zero-order valence-electron chi connectivity index (χ0n) is 18.4. The van der Waals surface area contributed by atoms with Crippen LogP contribution in [0.4, 0.5) is 0 Å². The van der Waals surface area contributed by atoms with Gasteiger partial charge in [-0.15, -0.1) is 0 Å². The Morgan fingerprint density at radius 2 is 1.58 bits per heavy atom. The van der Waals surface area contributed by atoms with Crippen LogP contribution in [0.2, 0.25) is 0 Å². The van der Waals surface area contributed by atoms with Gasteiger partial charge in [0.1, 0.15) is 11.1 Å². The summed E-state index contributed by atoms with van der Waals surface area (Å²) in [7, 11) is 0. The molecule has 31 heavy (non-hydrogen) atoms. The van der Waals surface area contributed by atoms with Crippen molar-refractivity contribution in [3.63, 3.8) is 0 Å². The molecule has 3 aliphatic rings. The molecule has 170 valence electrons. The minimum absolute atomic E-state index is 0.0453. The van der Waals surface area contributed by atoms with Crippen molar-refractivity contribution in [2.75, 3.05) is 13.2 Å². The first-order valence-corrected chi connectivity index (χ1v) is 12.0. The Morgan fingerprint density at radius 1 is 0.903 bits per heavy atom. The summed E-state index contributed by atoms with van der Waals surface area (Å²) >= 11 is 0. The second kappa shape index (κ2) is 10.4. The Kier molecular flexibility index (Phi) is 7.43. The average molecular weight is 430 g/mol. The van der Waals surface area contributed by atoms with Crippen molar-refractivity contribution in [2.24, 2.45) is 5.92 Å². The van der Waals surface area contributed by atoms with Crippen LogP contribution in [-0.4, -0.2) is 41.7 Å². The lowest BCUT2D eigenvalue weighted by Gasteiger charge is -2.21. The molecule has 1 atom stereocenters. The van der Waals surface area contributed by atoms with Crippen molar-refractivity contribution in [1.29, 1.82) is 0 Å². The Balaban J connectivity index is 1.54. The molecule has 0 spiro atoms. The Hall–Kier alpha value is -2.15. The molecule has 2 aliphatic carbocycles. The van der Waals surface area contributed by atoms with E-state index >= 15 is 0 Å². The number of rotatable bonds is 7. The number of hydrogen-bond acceptors (Lipinski definition) is 4. The van der Waals surface area contributed by atoms with Crippen LogP contribution < -0.4 is 16.1 Å². The lowest BCUT2D eigenvalue weighted by Crippen LogP contribution is -2.40. The van der Waals surface area contributed by atoms with E-state index in [-0.39, 0.29) is 29.2 Å². The molecule has 0 aromatic carbocycles. The molecule has 1 aromatic rings. The van der Waals surface area contributed by atoms with Crippen molar-refractivity contribution in [1.82, 2.24) is 15.2 Å². The van der Waals surface area contributed by atoms with Gasteiger partial charge < -0.3 is 19.9 Å². The highest BCUT2D eigenvalue weighted by Gasteiger charge is 2.26. The van der Waals surface area contributed by atoms with Gasteiger partial charge in [-0.05, 0) is 44.4 Å². The van der Waals surface area contributed by atoms with Crippen molar-refractivity contribution in [2.45, 2.75) is 89.3 Å². The van der Waals surface area contributed by atoms with Crippen molar-refractivity contribution in [3.05, 3.63) is 33.7 Å². The number of pyridine rings is 1. The smallest absolute Gasteiger partial charge is 0.256 e. The molecule has 2 amide bonds. The summed E-state index contributed by atoms with van der Waals surface area (Å²) in [6, 6.07) is 0.0890. The third-order valence-corrected chi connectivity index (χ3v) is 6.70. The monoisotopic (exact) mass is 429 g/mol. The highest BCUT2D eigenvalue weighted by Crippen LogP contribution is 2.27. The van der Waals surface area contributed by atoms with Crippen LogP contribution in [-0.2, 0) is 11.3 Å². The topological polar surface area (TPSA) is 89.4 Å². The average Bonchev–Trinajstić information content (AvgIpc) is 3.43. The number of ether oxygens (including phenoxy) is 1. The Bertz CT molecular complexity index is 832. The number of amides is 2. The van der Waals surface area contributed by atoms with E-state index in [9.17, 15) is 14.4 Å². The van der Waals surface area contributed by atoms with Gasteiger partial charge in [-0.1, -0.05) is 32.1 Å². The van der Waals surface area contributed by atoms with E-state index in [0.717, 1.165) is 58.0 Å². The molecule has 1 aliphatic heterocycles. The van der Waals surface area contributed by atoms with E-state index in [1.165, 1.54) is 19.3 Å². The maximum atomic E-state index is 13.1. The molecule has 4 rings (SSSR count). The molecular formula is C24H35N3O4. The lowest BCUT2D eigenvalue weighted by molar-refractivity contribution is 0.0914. The first-order valence-electron chi connectivity index (χ1n) is 12.0. The van der Waals surface area contributed by atoms with E-state index < -0.39 is 11.3 Å². The van der Waals surface area contributed by atoms with Gasteiger partial charge in [0.25, 0.3) is 11.8 Å². The molecule has 0 unspecified atom stereocenters. The second-order valence-corrected chi connectivity index (χ2v) is 9.42. The van der Waals surface area contributed by atoms with Gasteiger partial charge in [-0.3, -0.25) is 14.4 Å². The van der Waals surface area contributed by atoms with Gasteiger partial charge >= 0.3 is 0 Å². The van der Waals surface area contributed by atoms with Gasteiger partial charge in [0.15, 0.2) is 0 Å². The predicted octanol–water partition coefficient (Wildman–Crippen LogP) is 3.01. The summed E-state index contributed by atoms with van der Waals surface area (Å²) in [6.07, 6.45) is 15.1. The van der Waals surface area contributed by atoms with Crippen LogP contribution in [0.25, 0.3) is 0 Å². The first kappa shape index (κ1) is 22.1. The van der Waals surface area contributed by atoms with Crippen molar-refractivity contribution < 1.29 is 14.3 Å². The van der Waals surface area contributed by atoms with E-state index in [1.54, 1.807) is 17.0 Å². The SMILES string of the molecule is O=C(NCC1CC1)c1cn(C[C@@H]2CCCO2)cc(C(=O)NC2CCCCCCC2)c1=O. The summed E-state index contributed by atoms with van der Waals surface area (Å²) in [6.45, 7) is 1.85. The molecule has 2 N–H and O–H groups in total. The molecule has 0 bridgehead atoms. The summed E-state index contributed by atoms with van der Waals surface area (Å²) in [4.78, 5) is 38.9. The van der Waals surface area contributed by atoms with Crippen LogP contribution in [0.3, 0.4) is 0 Å². The summed E-state index contributed by atoms with van der Waals surface area (Å²) in [5.74, 6) is -0.240. The maximum absolute atomic E-state index is 13.1. The van der Waals surface area contributed by atoms with Gasteiger partial charge in [0, 0.05) is 38.1 Å². The molecule has 7 heteroatoms. The minimum Gasteiger partial charge on any atom is -0.376 e. The zero-order valence-corrected chi connectivity index (χ0v) is 18.4. The van der Waals surface area contributed by atoms with E-state index in [0.29, 0.717) is 19.0 Å². The Morgan fingerprint density at radius 3 is 2.23 bits per heavy atom. The van der Waals surface area contributed by atoms with Crippen LogP contribution in [0.5, 0.6) is 0 Å².